The molecule has 0 saturated carbocycles. The SMILES string of the molecule is CC(CN)CSCC1CCCO1. The summed E-state index contributed by atoms with van der Waals surface area (Å²) in [6.45, 7) is 3.97. The Hall–Kier alpha value is 0.270. The van der Waals surface area contributed by atoms with Gasteiger partial charge in [0.1, 0.15) is 0 Å². The van der Waals surface area contributed by atoms with Crippen LogP contribution in [0.5, 0.6) is 0 Å². The van der Waals surface area contributed by atoms with Crippen LogP contribution >= 0.6 is 11.8 Å². The first-order valence-electron chi connectivity index (χ1n) is 4.72. The van der Waals surface area contributed by atoms with Crippen molar-refractivity contribution in [1.29, 1.82) is 0 Å². The highest BCUT2D eigenvalue weighted by Gasteiger charge is 2.15. The van der Waals surface area contributed by atoms with Crippen LogP contribution in [0.3, 0.4) is 0 Å². The zero-order valence-electron chi connectivity index (χ0n) is 7.79. The molecule has 1 saturated heterocycles. The highest BCUT2D eigenvalue weighted by Crippen LogP contribution is 2.18. The monoisotopic (exact) mass is 189 g/mol. The molecule has 0 aromatic rings. The lowest BCUT2D eigenvalue weighted by molar-refractivity contribution is 0.129. The van der Waals surface area contributed by atoms with Crippen LogP contribution in [-0.4, -0.2) is 30.8 Å². The lowest BCUT2D eigenvalue weighted by Crippen LogP contribution is -2.15. The maximum absolute atomic E-state index is 5.52. The molecule has 1 fully saturated rings. The van der Waals surface area contributed by atoms with Gasteiger partial charge >= 0.3 is 0 Å². The highest BCUT2D eigenvalue weighted by molar-refractivity contribution is 7.99. The molecule has 0 aliphatic carbocycles. The molecule has 2 unspecified atom stereocenters. The summed E-state index contributed by atoms with van der Waals surface area (Å²) in [5.41, 5.74) is 5.52. The van der Waals surface area contributed by atoms with Gasteiger partial charge in [0.2, 0.25) is 0 Å². The van der Waals surface area contributed by atoms with E-state index in [9.17, 15) is 0 Å². The number of rotatable bonds is 5. The Kier molecular flexibility index (Phi) is 5.04. The smallest absolute Gasteiger partial charge is 0.0666 e. The molecule has 0 amide bonds. The predicted molar refractivity (Wildman–Crippen MR) is 54.5 cm³/mol. The van der Waals surface area contributed by atoms with Crippen molar-refractivity contribution < 1.29 is 4.74 Å². The first-order chi connectivity index (χ1) is 5.83. The molecule has 2 N–H and O–H groups in total. The van der Waals surface area contributed by atoms with Crippen molar-refractivity contribution in [3.63, 3.8) is 0 Å². The molecule has 0 aromatic carbocycles. The second-order valence-corrected chi connectivity index (χ2v) is 4.59. The number of hydrogen-bond acceptors (Lipinski definition) is 3. The summed E-state index contributed by atoms with van der Waals surface area (Å²) in [5, 5.41) is 0. The van der Waals surface area contributed by atoms with Crippen molar-refractivity contribution in [1.82, 2.24) is 0 Å². The highest BCUT2D eigenvalue weighted by atomic mass is 32.2. The van der Waals surface area contributed by atoms with Crippen molar-refractivity contribution in [2.75, 3.05) is 24.7 Å². The van der Waals surface area contributed by atoms with Gasteiger partial charge in [-0.25, -0.2) is 0 Å². The molecule has 0 spiro atoms. The molecule has 2 nitrogen and oxygen atoms in total. The van der Waals surface area contributed by atoms with Gasteiger partial charge in [0.25, 0.3) is 0 Å². The quantitative estimate of drug-likeness (QED) is 0.712. The molecule has 0 bridgehead atoms. The second kappa shape index (κ2) is 5.84. The van der Waals surface area contributed by atoms with Gasteiger partial charge in [-0.15, -0.1) is 0 Å². The minimum Gasteiger partial charge on any atom is -0.377 e. The molecule has 3 heteroatoms. The van der Waals surface area contributed by atoms with Crippen LogP contribution in [-0.2, 0) is 4.74 Å². The molecule has 1 heterocycles. The summed E-state index contributed by atoms with van der Waals surface area (Å²) in [7, 11) is 0. The van der Waals surface area contributed by atoms with Crippen LogP contribution in [0.1, 0.15) is 19.8 Å². The Bertz CT molecular complexity index is 115. The maximum Gasteiger partial charge on any atom is 0.0666 e. The Morgan fingerprint density at radius 2 is 2.50 bits per heavy atom. The van der Waals surface area contributed by atoms with Gasteiger partial charge in [-0.05, 0) is 31.1 Å². The minimum absolute atomic E-state index is 0.528. The van der Waals surface area contributed by atoms with Gasteiger partial charge in [-0.1, -0.05) is 6.92 Å². The van der Waals surface area contributed by atoms with E-state index >= 15 is 0 Å². The molecule has 1 aliphatic rings. The summed E-state index contributed by atoms with van der Waals surface area (Å²) < 4.78 is 5.52. The molecule has 12 heavy (non-hydrogen) atoms. The van der Waals surface area contributed by atoms with Crippen molar-refractivity contribution in [2.24, 2.45) is 11.7 Å². The number of nitrogens with two attached hydrogens (primary N) is 1. The molecular weight excluding hydrogens is 170 g/mol. The van der Waals surface area contributed by atoms with E-state index in [1.165, 1.54) is 18.6 Å². The van der Waals surface area contributed by atoms with Crippen molar-refractivity contribution in [3.05, 3.63) is 0 Å². The first kappa shape index (κ1) is 10.4. The van der Waals surface area contributed by atoms with Crippen molar-refractivity contribution in [2.45, 2.75) is 25.9 Å². The Morgan fingerprint density at radius 3 is 3.08 bits per heavy atom. The average molecular weight is 189 g/mol. The predicted octanol–water partition coefficient (Wildman–Crippen LogP) is 1.49. The molecule has 1 aliphatic heterocycles. The van der Waals surface area contributed by atoms with Gasteiger partial charge in [-0.2, -0.15) is 11.8 Å². The van der Waals surface area contributed by atoms with Gasteiger partial charge in [-0.3, -0.25) is 0 Å². The van der Waals surface area contributed by atoms with E-state index in [4.69, 9.17) is 10.5 Å². The van der Waals surface area contributed by atoms with Gasteiger partial charge in [0.15, 0.2) is 0 Å². The molecule has 0 radical (unpaired) electrons. The summed E-state index contributed by atoms with van der Waals surface area (Å²) in [6, 6.07) is 0. The fourth-order valence-electron chi connectivity index (χ4n) is 1.24. The zero-order valence-corrected chi connectivity index (χ0v) is 8.61. The molecule has 0 aromatic heterocycles. The normalized spacial score (nSPS) is 26.0. The van der Waals surface area contributed by atoms with E-state index in [0.717, 1.165) is 18.9 Å². The summed E-state index contributed by atoms with van der Waals surface area (Å²) in [6.07, 6.45) is 3.03. The van der Waals surface area contributed by atoms with E-state index < -0.39 is 0 Å². The Morgan fingerprint density at radius 1 is 1.67 bits per heavy atom. The topological polar surface area (TPSA) is 35.2 Å². The van der Waals surface area contributed by atoms with Crippen LogP contribution < -0.4 is 5.73 Å². The Balaban J connectivity index is 1.94. The van der Waals surface area contributed by atoms with Crippen LogP contribution in [0.2, 0.25) is 0 Å². The van der Waals surface area contributed by atoms with E-state index in [2.05, 4.69) is 6.92 Å². The van der Waals surface area contributed by atoms with E-state index in [0.29, 0.717) is 12.0 Å². The lowest BCUT2D eigenvalue weighted by atomic mass is 10.2. The Labute approximate surface area is 79.2 Å². The van der Waals surface area contributed by atoms with E-state index in [-0.39, 0.29) is 0 Å². The van der Waals surface area contributed by atoms with Crippen LogP contribution in [0.4, 0.5) is 0 Å². The average Bonchev–Trinajstić information content (AvgIpc) is 2.57. The third-order valence-corrected chi connectivity index (χ3v) is 3.54. The van der Waals surface area contributed by atoms with Crippen LogP contribution in [0.25, 0.3) is 0 Å². The van der Waals surface area contributed by atoms with Crippen LogP contribution in [0, 0.1) is 5.92 Å². The number of ether oxygens (including phenoxy) is 1. The second-order valence-electron chi connectivity index (χ2n) is 3.51. The third-order valence-electron chi connectivity index (χ3n) is 2.13. The van der Waals surface area contributed by atoms with E-state index in [1.54, 1.807) is 0 Å². The van der Waals surface area contributed by atoms with Gasteiger partial charge in [0, 0.05) is 12.4 Å². The fourth-order valence-corrected chi connectivity index (χ4v) is 2.44. The first-order valence-corrected chi connectivity index (χ1v) is 5.88. The minimum atomic E-state index is 0.528. The van der Waals surface area contributed by atoms with Gasteiger partial charge < -0.3 is 10.5 Å². The zero-order chi connectivity index (χ0) is 8.81. The summed E-state index contributed by atoms with van der Waals surface area (Å²) >= 11 is 1.98. The lowest BCUT2D eigenvalue weighted by Gasteiger charge is -2.11. The largest absolute Gasteiger partial charge is 0.377 e. The summed E-state index contributed by atoms with van der Waals surface area (Å²) in [5.74, 6) is 2.98. The molecular formula is C9H19NOS. The van der Waals surface area contributed by atoms with E-state index in [1.807, 2.05) is 11.8 Å². The van der Waals surface area contributed by atoms with Crippen molar-refractivity contribution in [3.8, 4) is 0 Å². The number of hydrogen-bond donors (Lipinski definition) is 1. The maximum atomic E-state index is 5.52. The number of thioether (sulfide) groups is 1. The molecule has 2 atom stereocenters. The van der Waals surface area contributed by atoms with Crippen LogP contribution in [0.15, 0.2) is 0 Å². The third kappa shape index (κ3) is 3.78. The standard InChI is InChI=1S/C9H19NOS/c1-8(5-10)6-12-7-9-3-2-4-11-9/h8-9H,2-7,10H2,1H3. The van der Waals surface area contributed by atoms with Crippen molar-refractivity contribution >= 4 is 11.8 Å². The molecule has 72 valence electrons. The fraction of sp³-hybridized carbons (Fsp3) is 1.00. The summed E-state index contributed by atoms with van der Waals surface area (Å²) in [4.78, 5) is 0. The van der Waals surface area contributed by atoms with Gasteiger partial charge in [0.05, 0.1) is 6.10 Å². The molecule has 1 rings (SSSR count).